The second kappa shape index (κ2) is 12.4. The van der Waals surface area contributed by atoms with E-state index in [4.69, 9.17) is 4.74 Å². The van der Waals surface area contributed by atoms with E-state index >= 15 is 0 Å². The molecule has 3 aromatic rings. The summed E-state index contributed by atoms with van der Waals surface area (Å²) in [6.45, 7) is 6.23. The van der Waals surface area contributed by atoms with Gasteiger partial charge in [-0.05, 0) is 51.1 Å². The Hall–Kier alpha value is -4.25. The zero-order chi connectivity index (χ0) is 32.6. The van der Waals surface area contributed by atoms with Crippen molar-refractivity contribution in [3.8, 4) is 11.6 Å². The number of sulfone groups is 1. The van der Waals surface area contributed by atoms with Gasteiger partial charge < -0.3 is 24.6 Å². The topological polar surface area (TPSA) is 149 Å². The Morgan fingerprint density at radius 1 is 1.11 bits per heavy atom. The summed E-state index contributed by atoms with van der Waals surface area (Å²) < 4.78 is 73.7. The van der Waals surface area contributed by atoms with Crippen LogP contribution in [0.15, 0.2) is 41.4 Å². The van der Waals surface area contributed by atoms with Crippen LogP contribution >= 0.6 is 0 Å². The van der Waals surface area contributed by atoms with E-state index in [0.29, 0.717) is 24.7 Å². The van der Waals surface area contributed by atoms with E-state index < -0.39 is 38.8 Å². The third-order valence-corrected chi connectivity index (χ3v) is 7.57. The van der Waals surface area contributed by atoms with Crippen LogP contribution in [0, 0.1) is 0 Å². The minimum absolute atomic E-state index is 0.105. The predicted octanol–water partition coefficient (Wildman–Crippen LogP) is 2.77. The van der Waals surface area contributed by atoms with E-state index in [1.54, 1.807) is 43.0 Å². The van der Waals surface area contributed by atoms with Crippen molar-refractivity contribution in [2.24, 2.45) is 0 Å². The number of carbonyl (C=O) groups excluding carboxylic acids is 2. The fraction of sp³-hybridized carbons (Fsp3) is 0.444. The highest BCUT2D eigenvalue weighted by Crippen LogP contribution is 2.28. The molecule has 3 heterocycles. The Morgan fingerprint density at radius 2 is 1.77 bits per heavy atom. The highest BCUT2D eigenvalue weighted by atomic mass is 32.2. The van der Waals surface area contributed by atoms with Crippen LogP contribution in [0.25, 0.3) is 5.82 Å². The largest absolute Gasteiger partial charge is 0.573 e. The third-order valence-electron chi connectivity index (χ3n) is 6.48. The van der Waals surface area contributed by atoms with Crippen molar-refractivity contribution in [2.75, 3.05) is 38.3 Å². The first kappa shape index (κ1) is 32.7. The van der Waals surface area contributed by atoms with Crippen molar-refractivity contribution in [3.63, 3.8) is 0 Å². The highest BCUT2D eigenvalue weighted by Gasteiger charge is 2.32. The first-order valence-electron chi connectivity index (χ1n) is 13.4. The van der Waals surface area contributed by atoms with Gasteiger partial charge in [-0.3, -0.25) is 9.59 Å². The lowest BCUT2D eigenvalue weighted by molar-refractivity contribution is -0.274. The van der Waals surface area contributed by atoms with Crippen molar-refractivity contribution < 1.29 is 40.7 Å². The first-order valence-corrected chi connectivity index (χ1v) is 15.3. The number of carbonyl (C=O) groups is 2. The molecule has 1 aromatic carbocycles. The minimum Gasteiger partial charge on any atom is -0.406 e. The van der Waals surface area contributed by atoms with Crippen molar-refractivity contribution in [1.29, 1.82) is 0 Å². The predicted molar refractivity (Wildman–Crippen MR) is 152 cm³/mol. The molecule has 1 aliphatic heterocycles. The van der Waals surface area contributed by atoms with E-state index in [9.17, 15) is 31.2 Å². The van der Waals surface area contributed by atoms with Crippen molar-refractivity contribution in [3.05, 3.63) is 53.5 Å². The number of aromatic nitrogens is 4. The number of morpholine rings is 1. The molecule has 238 valence electrons. The number of nitrogens with one attached hydrogen (secondary N) is 1. The quantitative estimate of drug-likeness (QED) is 0.390. The average Bonchev–Trinajstić information content (AvgIpc) is 3.37. The molecule has 1 aliphatic rings. The molecule has 1 fully saturated rings. The molecule has 0 bridgehead atoms. The normalized spacial score (nSPS) is 18.1. The van der Waals surface area contributed by atoms with Crippen molar-refractivity contribution >= 4 is 27.6 Å². The third kappa shape index (κ3) is 7.82. The maximum atomic E-state index is 13.2. The van der Waals surface area contributed by atoms with Crippen molar-refractivity contribution in [1.82, 2.24) is 30.0 Å². The summed E-state index contributed by atoms with van der Waals surface area (Å²) in [5, 5.41) is 7.06. The van der Waals surface area contributed by atoms with E-state index in [-0.39, 0.29) is 41.3 Å². The van der Waals surface area contributed by atoms with Crippen LogP contribution in [-0.2, 0) is 14.6 Å². The second-order valence-corrected chi connectivity index (χ2v) is 12.7. The van der Waals surface area contributed by atoms with E-state index in [1.165, 1.54) is 10.9 Å². The molecular weight excluding hydrogens is 607 g/mol. The SMILES string of the molecule is C[C@@H]1CN(C(=O)c2ccc(-n3nc(N(C)C)nc3[C@H](C)NC(=O)c3cc(OC(F)(F)F)cc(S(C)(=O)=O)c3)nc2)C[C@H](C)O1. The number of halogens is 3. The molecule has 0 saturated carbocycles. The van der Waals surface area contributed by atoms with E-state index in [2.05, 4.69) is 25.1 Å². The van der Waals surface area contributed by atoms with Crippen LogP contribution in [0.5, 0.6) is 5.75 Å². The Morgan fingerprint density at radius 3 is 2.32 bits per heavy atom. The van der Waals surface area contributed by atoms with Crippen LogP contribution in [0.3, 0.4) is 0 Å². The number of nitrogens with zero attached hydrogens (tertiary/aromatic N) is 6. The molecule has 0 radical (unpaired) electrons. The van der Waals surface area contributed by atoms with Gasteiger partial charge in [-0.1, -0.05) is 0 Å². The lowest BCUT2D eigenvalue weighted by Crippen LogP contribution is -2.48. The summed E-state index contributed by atoms with van der Waals surface area (Å²) in [7, 11) is -0.591. The van der Waals surface area contributed by atoms with Gasteiger partial charge in [0, 0.05) is 45.2 Å². The molecule has 3 atom stereocenters. The Balaban J connectivity index is 1.61. The van der Waals surface area contributed by atoms with Crippen LogP contribution < -0.4 is 15.0 Å². The van der Waals surface area contributed by atoms with Crippen LogP contribution in [-0.4, -0.2) is 96.9 Å². The molecule has 4 rings (SSSR count). The number of alkyl halides is 3. The van der Waals surface area contributed by atoms with Gasteiger partial charge in [-0.25, -0.2) is 13.4 Å². The van der Waals surface area contributed by atoms with Crippen LogP contribution in [0.1, 0.15) is 53.4 Å². The number of anilines is 1. The summed E-state index contributed by atoms with van der Waals surface area (Å²) >= 11 is 0. The Labute approximate surface area is 251 Å². The number of rotatable bonds is 8. The number of hydrogen-bond donors (Lipinski definition) is 1. The lowest BCUT2D eigenvalue weighted by Gasteiger charge is -2.35. The summed E-state index contributed by atoms with van der Waals surface area (Å²) in [4.78, 5) is 37.9. The van der Waals surface area contributed by atoms with E-state index in [1.807, 2.05) is 13.8 Å². The molecular formula is C27H32F3N7O6S. The fourth-order valence-electron chi connectivity index (χ4n) is 4.57. The van der Waals surface area contributed by atoms with E-state index in [0.717, 1.165) is 18.4 Å². The van der Waals surface area contributed by atoms with Crippen LogP contribution in [0.4, 0.5) is 19.1 Å². The molecule has 0 spiro atoms. The molecule has 0 aliphatic carbocycles. The summed E-state index contributed by atoms with van der Waals surface area (Å²) in [5.41, 5.74) is -0.0285. The number of ether oxygens (including phenoxy) is 2. The smallest absolute Gasteiger partial charge is 0.406 e. The van der Waals surface area contributed by atoms with Gasteiger partial charge >= 0.3 is 6.36 Å². The maximum absolute atomic E-state index is 13.2. The monoisotopic (exact) mass is 639 g/mol. The average molecular weight is 640 g/mol. The van der Waals surface area contributed by atoms with Gasteiger partial charge in [0.25, 0.3) is 11.8 Å². The summed E-state index contributed by atoms with van der Waals surface area (Å²) in [5.74, 6) is -1.21. The number of pyridine rings is 1. The molecule has 0 unspecified atom stereocenters. The molecule has 1 N–H and O–H groups in total. The fourth-order valence-corrected chi connectivity index (χ4v) is 5.24. The molecule has 2 amide bonds. The number of amides is 2. The van der Waals surface area contributed by atoms with Gasteiger partial charge in [0.05, 0.1) is 28.7 Å². The van der Waals surface area contributed by atoms with Gasteiger partial charge in [-0.15, -0.1) is 18.3 Å². The van der Waals surface area contributed by atoms with Gasteiger partial charge in [-0.2, -0.15) is 9.67 Å². The Kier molecular flexibility index (Phi) is 9.20. The second-order valence-electron chi connectivity index (χ2n) is 10.7. The zero-order valence-electron chi connectivity index (χ0n) is 24.8. The molecule has 1 saturated heterocycles. The molecule has 2 aromatic heterocycles. The van der Waals surface area contributed by atoms with Gasteiger partial charge in [0.15, 0.2) is 21.5 Å². The minimum atomic E-state index is -5.11. The summed E-state index contributed by atoms with van der Waals surface area (Å²) in [6.07, 6.45) is -3.12. The molecule has 17 heteroatoms. The van der Waals surface area contributed by atoms with Crippen molar-refractivity contribution in [2.45, 2.75) is 50.3 Å². The molecule has 13 nitrogen and oxygen atoms in total. The lowest BCUT2D eigenvalue weighted by atomic mass is 10.1. The standard InChI is InChI=1S/C27H32F3N7O6S/c1-15-13-36(14-16(2)42-15)25(39)18-7-8-22(31-12-18)37-23(33-26(34-37)35(4)5)17(3)32-24(38)19-9-20(43-27(28,29)30)11-21(10-19)44(6,40)41/h7-12,15-17H,13-14H2,1-6H3,(H,32,38)/t15-,16+,17-/m0/s1. The zero-order valence-corrected chi connectivity index (χ0v) is 25.6. The van der Waals surface area contributed by atoms with Gasteiger partial charge in [0.2, 0.25) is 5.95 Å². The Bertz CT molecular complexity index is 1630. The summed E-state index contributed by atoms with van der Waals surface area (Å²) in [6, 6.07) is 4.69. The first-order chi connectivity index (χ1) is 20.4. The number of hydrogen-bond acceptors (Lipinski definition) is 10. The highest BCUT2D eigenvalue weighted by molar-refractivity contribution is 7.90. The van der Waals surface area contributed by atoms with Gasteiger partial charge in [0.1, 0.15) is 5.75 Å². The number of benzene rings is 1. The maximum Gasteiger partial charge on any atom is 0.573 e. The van der Waals surface area contributed by atoms with Crippen LogP contribution in [0.2, 0.25) is 0 Å². The molecule has 44 heavy (non-hydrogen) atoms.